The molecule has 1 unspecified atom stereocenters. The Morgan fingerprint density at radius 2 is 1.91 bits per heavy atom. The van der Waals surface area contributed by atoms with Crippen LogP contribution in [0.2, 0.25) is 0 Å². The first kappa shape index (κ1) is 16.2. The number of amides is 1. The first-order valence-electron chi connectivity index (χ1n) is 7.51. The van der Waals surface area contributed by atoms with Crippen molar-refractivity contribution >= 4 is 5.91 Å². The van der Waals surface area contributed by atoms with E-state index >= 15 is 0 Å². The van der Waals surface area contributed by atoms with Crippen molar-refractivity contribution in [3.8, 4) is 0 Å². The molecule has 0 aliphatic rings. The fourth-order valence-electron chi connectivity index (χ4n) is 2.21. The van der Waals surface area contributed by atoms with E-state index in [1.54, 1.807) is 12.3 Å². The zero-order chi connectivity index (χ0) is 15.9. The van der Waals surface area contributed by atoms with Crippen LogP contribution >= 0.6 is 0 Å². The Hall–Kier alpha value is -2.20. The van der Waals surface area contributed by atoms with Gasteiger partial charge in [-0.3, -0.25) is 9.78 Å². The maximum atomic E-state index is 12.2. The van der Waals surface area contributed by atoms with E-state index in [1.807, 2.05) is 36.4 Å². The highest BCUT2D eigenvalue weighted by Crippen LogP contribution is 2.11. The number of nitrogens with one attached hydrogen (secondary N) is 1. The average molecular weight is 298 g/mol. The van der Waals surface area contributed by atoms with E-state index in [0.717, 1.165) is 11.3 Å². The van der Waals surface area contributed by atoms with Gasteiger partial charge in [0, 0.05) is 11.9 Å². The first-order chi connectivity index (χ1) is 10.6. The molecule has 2 N–H and O–H groups in total. The van der Waals surface area contributed by atoms with Crippen LogP contribution in [0.25, 0.3) is 0 Å². The normalized spacial score (nSPS) is 12.2. The summed E-state index contributed by atoms with van der Waals surface area (Å²) in [6.45, 7) is 4.02. The summed E-state index contributed by atoms with van der Waals surface area (Å²) >= 11 is 0. The van der Waals surface area contributed by atoms with Gasteiger partial charge >= 0.3 is 0 Å². The Bertz CT molecular complexity index is 594. The van der Waals surface area contributed by atoms with Gasteiger partial charge in [0.25, 0.3) is 5.91 Å². The van der Waals surface area contributed by atoms with Crippen molar-refractivity contribution in [3.63, 3.8) is 0 Å². The molecule has 1 atom stereocenters. The van der Waals surface area contributed by atoms with Crippen molar-refractivity contribution in [2.24, 2.45) is 0 Å². The molecule has 0 aliphatic carbocycles. The van der Waals surface area contributed by atoms with Crippen molar-refractivity contribution in [1.29, 1.82) is 0 Å². The lowest BCUT2D eigenvalue weighted by atomic mass is 10.1. The van der Waals surface area contributed by atoms with Gasteiger partial charge in [0.15, 0.2) is 0 Å². The molecule has 0 saturated carbocycles. The van der Waals surface area contributed by atoms with E-state index in [9.17, 15) is 9.90 Å². The molecule has 1 aromatic heterocycles. The summed E-state index contributed by atoms with van der Waals surface area (Å²) in [4.78, 5) is 16.5. The molecule has 0 spiro atoms. The van der Waals surface area contributed by atoms with Crippen molar-refractivity contribution in [1.82, 2.24) is 10.3 Å². The van der Waals surface area contributed by atoms with Crippen LogP contribution in [-0.4, -0.2) is 28.6 Å². The Kier molecular flexibility index (Phi) is 5.67. The first-order valence-corrected chi connectivity index (χ1v) is 7.51. The zero-order valence-electron chi connectivity index (χ0n) is 13.0. The highest BCUT2D eigenvalue weighted by atomic mass is 16.3. The van der Waals surface area contributed by atoms with Crippen molar-refractivity contribution in [3.05, 3.63) is 65.5 Å². The van der Waals surface area contributed by atoms with Gasteiger partial charge in [-0.2, -0.15) is 0 Å². The number of nitrogens with zero attached hydrogens (tertiary/aromatic N) is 1. The number of pyridine rings is 1. The molecule has 4 nitrogen and oxygen atoms in total. The second kappa shape index (κ2) is 7.71. The predicted molar refractivity (Wildman–Crippen MR) is 86.8 cm³/mol. The van der Waals surface area contributed by atoms with Gasteiger partial charge in [-0.15, -0.1) is 0 Å². The summed E-state index contributed by atoms with van der Waals surface area (Å²) in [6.07, 6.45) is 2.18. The van der Waals surface area contributed by atoms with Crippen LogP contribution in [0.5, 0.6) is 0 Å². The molecule has 2 aromatic rings. The van der Waals surface area contributed by atoms with Crippen LogP contribution in [0.15, 0.2) is 48.7 Å². The van der Waals surface area contributed by atoms with Crippen molar-refractivity contribution in [2.75, 3.05) is 6.61 Å². The summed E-state index contributed by atoms with van der Waals surface area (Å²) in [5, 5.41) is 12.3. The summed E-state index contributed by atoms with van der Waals surface area (Å²) < 4.78 is 0. The molecular formula is C18H22N2O2. The molecule has 1 heterocycles. The van der Waals surface area contributed by atoms with E-state index in [2.05, 4.69) is 24.1 Å². The summed E-state index contributed by atoms with van der Waals surface area (Å²) in [5.74, 6) is 0.123. The van der Waals surface area contributed by atoms with Crippen LogP contribution in [0, 0.1) is 0 Å². The number of carbonyl (C=O) groups excluding carboxylic acids is 1. The van der Waals surface area contributed by atoms with Gasteiger partial charge in [-0.1, -0.05) is 44.2 Å². The van der Waals surface area contributed by atoms with Gasteiger partial charge < -0.3 is 10.4 Å². The van der Waals surface area contributed by atoms with Crippen LogP contribution in [0.1, 0.15) is 41.4 Å². The Morgan fingerprint density at radius 1 is 1.18 bits per heavy atom. The van der Waals surface area contributed by atoms with E-state index in [1.165, 1.54) is 0 Å². The van der Waals surface area contributed by atoms with Crippen molar-refractivity contribution in [2.45, 2.75) is 32.2 Å². The fraction of sp³-hybridized carbons (Fsp3) is 0.333. The zero-order valence-corrected chi connectivity index (χ0v) is 13.0. The van der Waals surface area contributed by atoms with Gasteiger partial charge in [0.1, 0.15) is 0 Å². The Morgan fingerprint density at radius 3 is 2.45 bits per heavy atom. The van der Waals surface area contributed by atoms with E-state index in [-0.39, 0.29) is 18.6 Å². The van der Waals surface area contributed by atoms with Gasteiger partial charge in [0.05, 0.1) is 18.2 Å². The minimum absolute atomic E-state index is 0.0991. The van der Waals surface area contributed by atoms with Crippen LogP contribution < -0.4 is 5.32 Å². The quantitative estimate of drug-likeness (QED) is 0.861. The van der Waals surface area contributed by atoms with Crippen LogP contribution in [0.3, 0.4) is 0 Å². The summed E-state index contributed by atoms with van der Waals surface area (Å²) in [6, 6.07) is 13.1. The molecule has 0 radical (unpaired) electrons. The molecule has 1 amide bonds. The molecular weight excluding hydrogens is 276 g/mol. The standard InChI is InChI=1S/C18H22N2O2/c1-13(2)17-9-8-15(11-19-17)18(22)20-16(12-21)10-14-6-4-3-5-7-14/h3-9,11,13,16,21H,10,12H2,1-2H3,(H,20,22). The monoisotopic (exact) mass is 298 g/mol. The highest BCUT2D eigenvalue weighted by Gasteiger charge is 2.14. The largest absolute Gasteiger partial charge is 0.394 e. The molecule has 0 saturated heterocycles. The van der Waals surface area contributed by atoms with Gasteiger partial charge in [-0.05, 0) is 30.0 Å². The number of hydrogen-bond donors (Lipinski definition) is 2. The third kappa shape index (κ3) is 4.40. The smallest absolute Gasteiger partial charge is 0.253 e. The average Bonchev–Trinajstić information content (AvgIpc) is 2.55. The fourth-order valence-corrected chi connectivity index (χ4v) is 2.21. The predicted octanol–water partition coefficient (Wildman–Crippen LogP) is 2.54. The summed E-state index contributed by atoms with van der Waals surface area (Å²) in [5.41, 5.74) is 2.55. The number of aromatic nitrogens is 1. The molecule has 4 heteroatoms. The van der Waals surface area contributed by atoms with Gasteiger partial charge in [-0.25, -0.2) is 0 Å². The maximum absolute atomic E-state index is 12.2. The van der Waals surface area contributed by atoms with Crippen LogP contribution in [-0.2, 0) is 6.42 Å². The van der Waals surface area contributed by atoms with E-state index in [0.29, 0.717) is 17.9 Å². The lowest BCUT2D eigenvalue weighted by Crippen LogP contribution is -2.39. The topological polar surface area (TPSA) is 62.2 Å². The number of benzene rings is 1. The molecule has 0 aliphatic heterocycles. The Balaban J connectivity index is 1.99. The highest BCUT2D eigenvalue weighted by molar-refractivity contribution is 5.94. The minimum Gasteiger partial charge on any atom is -0.394 e. The number of aliphatic hydroxyl groups excluding tert-OH is 1. The number of hydrogen-bond acceptors (Lipinski definition) is 3. The SMILES string of the molecule is CC(C)c1ccc(C(=O)NC(CO)Cc2ccccc2)cn1. The molecule has 22 heavy (non-hydrogen) atoms. The third-order valence-corrected chi connectivity index (χ3v) is 3.52. The molecule has 0 bridgehead atoms. The summed E-state index contributed by atoms with van der Waals surface area (Å²) in [7, 11) is 0. The lowest BCUT2D eigenvalue weighted by molar-refractivity contribution is 0.0916. The second-order valence-corrected chi connectivity index (χ2v) is 5.67. The molecule has 0 fully saturated rings. The number of rotatable bonds is 6. The second-order valence-electron chi connectivity index (χ2n) is 5.67. The molecule has 1 aromatic carbocycles. The number of aliphatic hydroxyl groups is 1. The van der Waals surface area contributed by atoms with E-state index in [4.69, 9.17) is 0 Å². The van der Waals surface area contributed by atoms with E-state index < -0.39 is 0 Å². The Labute approximate surface area is 131 Å². The van der Waals surface area contributed by atoms with Gasteiger partial charge in [0.2, 0.25) is 0 Å². The third-order valence-electron chi connectivity index (χ3n) is 3.52. The maximum Gasteiger partial charge on any atom is 0.253 e. The minimum atomic E-state index is -0.306. The van der Waals surface area contributed by atoms with Crippen LogP contribution in [0.4, 0.5) is 0 Å². The molecule has 116 valence electrons. The van der Waals surface area contributed by atoms with Crippen molar-refractivity contribution < 1.29 is 9.90 Å². The lowest BCUT2D eigenvalue weighted by Gasteiger charge is -2.16. The molecule has 2 rings (SSSR count). The number of carbonyl (C=O) groups is 1.